The van der Waals surface area contributed by atoms with Gasteiger partial charge in [-0.3, -0.25) is 9.59 Å². The van der Waals surface area contributed by atoms with E-state index in [4.69, 9.17) is 4.74 Å². The number of hydrogen-bond donors (Lipinski definition) is 0. The molecule has 0 saturated heterocycles. The lowest BCUT2D eigenvalue weighted by Gasteiger charge is -2.18. The number of carbonyl (C=O) groups is 2. The van der Waals surface area contributed by atoms with Gasteiger partial charge >= 0.3 is 5.97 Å². The molecule has 1 heterocycles. The standard InChI is InChI=1S/C10H13NO3/c1-4-14-10(13)9-6(2)5-8(12)11-7(9)3/h5,9H,4H2,1-3H3. The molecule has 1 unspecified atom stereocenters. The zero-order valence-corrected chi connectivity index (χ0v) is 8.53. The normalized spacial score (nSPS) is 21.4. The van der Waals surface area contributed by atoms with Crippen molar-refractivity contribution in [1.82, 2.24) is 0 Å². The van der Waals surface area contributed by atoms with E-state index in [1.165, 1.54) is 6.08 Å². The minimum absolute atomic E-state index is 0.305. The molecule has 0 aromatic heterocycles. The molecule has 1 atom stereocenters. The Balaban J connectivity index is 2.88. The monoisotopic (exact) mass is 195 g/mol. The van der Waals surface area contributed by atoms with Gasteiger partial charge in [-0.2, -0.15) is 0 Å². The van der Waals surface area contributed by atoms with E-state index in [0.717, 1.165) is 0 Å². The van der Waals surface area contributed by atoms with Crippen molar-refractivity contribution in [3.8, 4) is 0 Å². The molecular weight excluding hydrogens is 182 g/mol. The number of hydrogen-bond acceptors (Lipinski definition) is 3. The molecule has 0 bridgehead atoms. The van der Waals surface area contributed by atoms with Crippen LogP contribution in [0.15, 0.2) is 16.6 Å². The van der Waals surface area contributed by atoms with Crippen molar-refractivity contribution < 1.29 is 14.3 Å². The van der Waals surface area contributed by atoms with Crippen LogP contribution in [0.25, 0.3) is 0 Å². The molecule has 1 rings (SSSR count). The van der Waals surface area contributed by atoms with Crippen molar-refractivity contribution in [3.63, 3.8) is 0 Å². The van der Waals surface area contributed by atoms with Crippen LogP contribution in [-0.4, -0.2) is 24.2 Å². The molecule has 14 heavy (non-hydrogen) atoms. The van der Waals surface area contributed by atoms with Gasteiger partial charge in [-0.15, -0.1) is 0 Å². The molecule has 76 valence electrons. The highest BCUT2D eigenvalue weighted by Crippen LogP contribution is 2.19. The van der Waals surface area contributed by atoms with Gasteiger partial charge in [0.15, 0.2) is 0 Å². The number of carbonyl (C=O) groups excluding carboxylic acids is 2. The Morgan fingerprint density at radius 1 is 1.57 bits per heavy atom. The van der Waals surface area contributed by atoms with Gasteiger partial charge in [-0.05, 0) is 26.3 Å². The zero-order chi connectivity index (χ0) is 10.7. The van der Waals surface area contributed by atoms with Gasteiger partial charge in [0.25, 0.3) is 5.91 Å². The second-order valence-electron chi connectivity index (χ2n) is 3.16. The Labute approximate surface area is 82.7 Å². The fraction of sp³-hybridized carbons (Fsp3) is 0.500. The molecular formula is C10H13NO3. The summed E-state index contributed by atoms with van der Waals surface area (Å²) in [6, 6.07) is 0. The molecule has 0 spiro atoms. The lowest BCUT2D eigenvalue weighted by Crippen LogP contribution is -2.28. The molecule has 0 saturated carbocycles. The summed E-state index contributed by atoms with van der Waals surface area (Å²) in [5, 5.41) is 0. The molecule has 1 amide bonds. The Kier molecular flexibility index (Phi) is 3.17. The third kappa shape index (κ3) is 2.07. The predicted octanol–water partition coefficient (Wildman–Crippen LogP) is 1.11. The molecule has 0 fully saturated rings. The first-order chi connectivity index (χ1) is 6.56. The van der Waals surface area contributed by atoms with Crippen LogP contribution in [0.2, 0.25) is 0 Å². The maximum Gasteiger partial charge on any atom is 0.318 e. The second-order valence-corrected chi connectivity index (χ2v) is 3.16. The Morgan fingerprint density at radius 2 is 2.21 bits per heavy atom. The van der Waals surface area contributed by atoms with Gasteiger partial charge in [0.2, 0.25) is 0 Å². The number of esters is 1. The summed E-state index contributed by atoms with van der Waals surface area (Å²) in [5.74, 6) is -1.12. The van der Waals surface area contributed by atoms with E-state index < -0.39 is 5.92 Å². The number of aliphatic imine (C=N–C) groups is 1. The van der Waals surface area contributed by atoms with Crippen molar-refractivity contribution in [2.45, 2.75) is 20.8 Å². The van der Waals surface area contributed by atoms with Crippen molar-refractivity contribution in [2.24, 2.45) is 10.9 Å². The quantitative estimate of drug-likeness (QED) is 0.620. The van der Waals surface area contributed by atoms with E-state index in [0.29, 0.717) is 17.9 Å². The molecule has 1 aliphatic rings. The van der Waals surface area contributed by atoms with Gasteiger partial charge < -0.3 is 4.74 Å². The summed E-state index contributed by atoms with van der Waals surface area (Å²) >= 11 is 0. The number of amides is 1. The van der Waals surface area contributed by atoms with Crippen LogP contribution >= 0.6 is 0 Å². The minimum atomic E-state index is -0.479. The molecule has 1 aliphatic heterocycles. The highest BCUT2D eigenvalue weighted by molar-refractivity contribution is 6.12. The van der Waals surface area contributed by atoms with E-state index >= 15 is 0 Å². The summed E-state index contributed by atoms with van der Waals surface area (Å²) in [7, 11) is 0. The van der Waals surface area contributed by atoms with Crippen LogP contribution in [0.1, 0.15) is 20.8 Å². The second kappa shape index (κ2) is 4.17. The summed E-state index contributed by atoms with van der Waals surface area (Å²) in [6.45, 7) is 5.48. The highest BCUT2D eigenvalue weighted by atomic mass is 16.5. The SMILES string of the molecule is CCOC(=O)C1C(C)=CC(=O)N=C1C. The molecule has 0 radical (unpaired) electrons. The van der Waals surface area contributed by atoms with E-state index in [9.17, 15) is 9.59 Å². The van der Waals surface area contributed by atoms with Gasteiger partial charge in [-0.1, -0.05) is 0 Å². The van der Waals surface area contributed by atoms with Crippen LogP contribution in [0.4, 0.5) is 0 Å². The van der Waals surface area contributed by atoms with Crippen LogP contribution in [-0.2, 0) is 14.3 Å². The molecule has 4 nitrogen and oxygen atoms in total. The van der Waals surface area contributed by atoms with Crippen LogP contribution in [0, 0.1) is 5.92 Å². The largest absolute Gasteiger partial charge is 0.465 e. The summed E-state index contributed by atoms with van der Waals surface area (Å²) in [4.78, 5) is 26.2. The first kappa shape index (κ1) is 10.6. The third-order valence-corrected chi connectivity index (χ3v) is 2.03. The van der Waals surface area contributed by atoms with Crippen LogP contribution in [0.5, 0.6) is 0 Å². The van der Waals surface area contributed by atoms with E-state index in [-0.39, 0.29) is 11.9 Å². The Bertz CT molecular complexity index is 306. The average molecular weight is 195 g/mol. The summed E-state index contributed by atoms with van der Waals surface area (Å²) in [6.07, 6.45) is 1.37. The number of ether oxygens (including phenoxy) is 1. The fourth-order valence-electron chi connectivity index (χ4n) is 1.46. The maximum atomic E-state index is 11.5. The fourth-order valence-corrected chi connectivity index (χ4v) is 1.46. The van der Waals surface area contributed by atoms with Gasteiger partial charge in [-0.25, -0.2) is 4.99 Å². The predicted molar refractivity (Wildman–Crippen MR) is 52.0 cm³/mol. The Morgan fingerprint density at radius 3 is 2.71 bits per heavy atom. The molecule has 0 N–H and O–H groups in total. The van der Waals surface area contributed by atoms with Crippen molar-refractivity contribution in [2.75, 3.05) is 6.61 Å². The third-order valence-electron chi connectivity index (χ3n) is 2.03. The highest BCUT2D eigenvalue weighted by Gasteiger charge is 2.28. The molecule has 0 aliphatic carbocycles. The number of rotatable bonds is 2. The smallest absolute Gasteiger partial charge is 0.318 e. The number of nitrogens with zero attached hydrogens (tertiary/aromatic N) is 1. The van der Waals surface area contributed by atoms with E-state index in [2.05, 4.69) is 4.99 Å². The van der Waals surface area contributed by atoms with E-state index in [1.54, 1.807) is 20.8 Å². The van der Waals surface area contributed by atoms with Crippen molar-refractivity contribution >= 4 is 17.6 Å². The average Bonchev–Trinajstić information content (AvgIpc) is 2.01. The molecule has 4 heteroatoms. The number of dihydropyridines is 1. The van der Waals surface area contributed by atoms with Crippen molar-refractivity contribution in [1.29, 1.82) is 0 Å². The lowest BCUT2D eigenvalue weighted by atomic mass is 9.93. The van der Waals surface area contributed by atoms with Gasteiger partial charge in [0, 0.05) is 11.8 Å². The van der Waals surface area contributed by atoms with Crippen LogP contribution < -0.4 is 0 Å². The summed E-state index contributed by atoms with van der Waals surface area (Å²) in [5.41, 5.74) is 1.20. The van der Waals surface area contributed by atoms with Crippen LogP contribution in [0.3, 0.4) is 0 Å². The van der Waals surface area contributed by atoms with E-state index in [1.807, 2.05) is 0 Å². The minimum Gasteiger partial charge on any atom is -0.465 e. The molecule has 0 aromatic rings. The Hall–Kier alpha value is -1.45. The van der Waals surface area contributed by atoms with Gasteiger partial charge in [0.1, 0.15) is 5.92 Å². The van der Waals surface area contributed by atoms with Gasteiger partial charge in [0.05, 0.1) is 6.61 Å². The maximum absolute atomic E-state index is 11.5. The topological polar surface area (TPSA) is 55.7 Å². The first-order valence-corrected chi connectivity index (χ1v) is 4.50. The first-order valence-electron chi connectivity index (χ1n) is 4.50. The summed E-state index contributed by atoms with van der Waals surface area (Å²) < 4.78 is 4.89. The lowest BCUT2D eigenvalue weighted by molar-refractivity contribution is -0.144. The molecule has 0 aromatic carbocycles. The van der Waals surface area contributed by atoms with Crippen molar-refractivity contribution in [3.05, 3.63) is 11.6 Å². The zero-order valence-electron chi connectivity index (χ0n) is 8.53.